The summed E-state index contributed by atoms with van der Waals surface area (Å²) in [7, 11) is 2.60. The van der Waals surface area contributed by atoms with E-state index in [0.29, 0.717) is 36.1 Å². The van der Waals surface area contributed by atoms with Crippen molar-refractivity contribution in [3.05, 3.63) is 46.1 Å². The van der Waals surface area contributed by atoms with Crippen LogP contribution in [0, 0.1) is 5.92 Å². The van der Waals surface area contributed by atoms with Crippen LogP contribution in [-0.2, 0) is 16.0 Å². The Bertz CT molecular complexity index is 1200. The molecule has 0 bridgehead atoms. The maximum Gasteiger partial charge on any atom is 0.491 e. The van der Waals surface area contributed by atoms with E-state index in [4.69, 9.17) is 9.39 Å². The molecule has 31 heavy (non-hydrogen) atoms. The second kappa shape index (κ2) is 7.91. The summed E-state index contributed by atoms with van der Waals surface area (Å²) in [6.45, 7) is 1.08. The van der Waals surface area contributed by atoms with E-state index in [2.05, 4.69) is 20.1 Å². The number of aromatic amines is 1. The summed E-state index contributed by atoms with van der Waals surface area (Å²) in [5.41, 5.74) is 3.56. The summed E-state index contributed by atoms with van der Waals surface area (Å²) in [4.78, 5) is 24.2. The molecule has 1 saturated carbocycles. The number of hydrazone groups is 1. The molecule has 2 aromatic heterocycles. The Hall–Kier alpha value is -3.02. The molecule has 1 fully saturated rings. The zero-order valence-corrected chi connectivity index (χ0v) is 17.4. The lowest BCUT2D eigenvalue weighted by Crippen LogP contribution is -2.34. The van der Waals surface area contributed by atoms with Crippen LogP contribution < -0.4 is 16.2 Å². The molecule has 1 aromatic carbocycles. The molecule has 160 valence electrons. The van der Waals surface area contributed by atoms with Crippen LogP contribution in [0.15, 0.2) is 34.4 Å². The molecule has 0 unspecified atom stereocenters. The van der Waals surface area contributed by atoms with E-state index in [0.717, 1.165) is 29.4 Å². The van der Waals surface area contributed by atoms with Crippen molar-refractivity contribution in [1.82, 2.24) is 19.5 Å². The second-order valence-electron chi connectivity index (χ2n) is 8.03. The number of ether oxygens (including phenoxy) is 1. The average Bonchev–Trinajstić information content (AvgIpc) is 3.27. The van der Waals surface area contributed by atoms with Gasteiger partial charge >= 0.3 is 12.8 Å². The monoisotopic (exact) mass is 422 g/mol. The molecule has 10 nitrogen and oxygen atoms in total. The Morgan fingerprint density at radius 1 is 1.45 bits per heavy atom. The topological polar surface area (TPSA) is 118 Å². The standard InChI is InChI=1S/C20H23BN6O4/c1-26(24-8-12-3-4-16-14(5-12)10-31-21(16)29)18-17-19(23-11-22-18)27(20(28)25-17)15-6-13(7-15)9-30-2/h3-5,8,11,13,15,29H,6-7,9-10H2,1-2H3,(H,25,28)/b24-8+. The summed E-state index contributed by atoms with van der Waals surface area (Å²) >= 11 is 0. The number of benzene rings is 1. The number of imidazole rings is 1. The van der Waals surface area contributed by atoms with Gasteiger partial charge in [-0.3, -0.25) is 4.57 Å². The van der Waals surface area contributed by atoms with E-state index < -0.39 is 7.12 Å². The molecule has 0 amide bonds. The van der Waals surface area contributed by atoms with Crippen LogP contribution in [0.3, 0.4) is 0 Å². The van der Waals surface area contributed by atoms with Crippen molar-refractivity contribution in [1.29, 1.82) is 0 Å². The molecule has 3 heterocycles. The molecule has 0 radical (unpaired) electrons. The molecule has 1 aliphatic heterocycles. The summed E-state index contributed by atoms with van der Waals surface area (Å²) in [6.07, 6.45) is 4.94. The Balaban J connectivity index is 1.40. The van der Waals surface area contributed by atoms with E-state index in [1.807, 2.05) is 18.2 Å². The number of nitrogens with one attached hydrogen (secondary N) is 1. The largest absolute Gasteiger partial charge is 0.491 e. The fourth-order valence-corrected chi connectivity index (χ4v) is 4.33. The third-order valence-corrected chi connectivity index (χ3v) is 5.98. The summed E-state index contributed by atoms with van der Waals surface area (Å²) in [6, 6.07) is 5.75. The van der Waals surface area contributed by atoms with Crippen molar-refractivity contribution in [2.45, 2.75) is 25.5 Å². The fraction of sp³-hybridized carbons (Fsp3) is 0.400. The highest BCUT2D eigenvalue weighted by atomic mass is 16.5. The van der Waals surface area contributed by atoms with Crippen LogP contribution >= 0.6 is 0 Å². The number of rotatable bonds is 6. The molecule has 2 N–H and O–H groups in total. The summed E-state index contributed by atoms with van der Waals surface area (Å²) in [5, 5.41) is 15.8. The Morgan fingerprint density at radius 3 is 3.10 bits per heavy atom. The first-order chi connectivity index (χ1) is 15.0. The normalized spacial score (nSPS) is 20.4. The number of H-pyrrole nitrogens is 1. The molecule has 0 saturated heterocycles. The van der Waals surface area contributed by atoms with Crippen LogP contribution in [0.1, 0.15) is 30.0 Å². The number of hydrogen-bond acceptors (Lipinski definition) is 8. The van der Waals surface area contributed by atoms with E-state index in [1.165, 1.54) is 6.33 Å². The Labute approximate surface area is 178 Å². The number of anilines is 1. The molecular formula is C20H23BN6O4. The van der Waals surface area contributed by atoms with E-state index in [-0.39, 0.29) is 11.7 Å². The van der Waals surface area contributed by atoms with Gasteiger partial charge in [0.2, 0.25) is 0 Å². The number of aromatic nitrogens is 4. The van der Waals surface area contributed by atoms with Gasteiger partial charge in [-0.2, -0.15) is 5.10 Å². The highest BCUT2D eigenvalue weighted by molar-refractivity contribution is 6.61. The predicted molar refractivity (Wildman–Crippen MR) is 117 cm³/mol. The van der Waals surface area contributed by atoms with Crippen LogP contribution in [-0.4, -0.2) is 58.6 Å². The predicted octanol–water partition coefficient (Wildman–Crippen LogP) is 0.405. The van der Waals surface area contributed by atoms with Crippen molar-refractivity contribution in [3.63, 3.8) is 0 Å². The second-order valence-corrected chi connectivity index (χ2v) is 8.03. The van der Waals surface area contributed by atoms with Gasteiger partial charge in [-0.15, -0.1) is 0 Å². The zero-order valence-electron chi connectivity index (χ0n) is 17.4. The van der Waals surface area contributed by atoms with Gasteiger partial charge in [0.05, 0.1) is 12.8 Å². The van der Waals surface area contributed by atoms with Crippen LogP contribution in [0.5, 0.6) is 0 Å². The zero-order chi connectivity index (χ0) is 21.5. The van der Waals surface area contributed by atoms with E-state index >= 15 is 0 Å². The first-order valence-electron chi connectivity index (χ1n) is 10.2. The SMILES string of the molecule is COCC1CC(n2c(=O)[nH]c3c(N(C)/N=C/c4ccc5c(c4)COB5O)ncnc32)C1. The maximum atomic E-state index is 12.6. The molecular weight excluding hydrogens is 399 g/mol. The first kappa shape index (κ1) is 19.9. The molecule has 2 aliphatic rings. The molecule has 0 spiro atoms. The molecule has 5 rings (SSSR count). The maximum absolute atomic E-state index is 12.6. The lowest BCUT2D eigenvalue weighted by atomic mass is 9.79. The summed E-state index contributed by atoms with van der Waals surface area (Å²) in [5.74, 6) is 0.990. The molecule has 1 aliphatic carbocycles. The van der Waals surface area contributed by atoms with Gasteiger partial charge in [0, 0.05) is 26.8 Å². The smallest absolute Gasteiger partial charge is 0.423 e. The number of nitrogens with zero attached hydrogens (tertiary/aromatic N) is 5. The minimum Gasteiger partial charge on any atom is -0.423 e. The summed E-state index contributed by atoms with van der Waals surface area (Å²) < 4.78 is 12.2. The van der Waals surface area contributed by atoms with Crippen molar-refractivity contribution in [3.8, 4) is 0 Å². The first-order valence-corrected chi connectivity index (χ1v) is 10.2. The van der Waals surface area contributed by atoms with Gasteiger partial charge in [-0.05, 0) is 41.4 Å². The molecule has 3 aromatic rings. The van der Waals surface area contributed by atoms with Gasteiger partial charge in [-0.25, -0.2) is 19.8 Å². The minimum absolute atomic E-state index is 0.113. The van der Waals surface area contributed by atoms with Crippen molar-refractivity contribution in [2.75, 3.05) is 25.8 Å². The van der Waals surface area contributed by atoms with Gasteiger partial charge in [0.25, 0.3) is 0 Å². The quantitative estimate of drug-likeness (QED) is 0.336. The van der Waals surface area contributed by atoms with Crippen molar-refractivity contribution >= 4 is 35.8 Å². The third-order valence-electron chi connectivity index (χ3n) is 5.98. The molecule has 0 atom stereocenters. The Morgan fingerprint density at radius 2 is 2.29 bits per heavy atom. The Kier molecular flexibility index (Phi) is 5.08. The highest BCUT2D eigenvalue weighted by Crippen LogP contribution is 2.38. The fourth-order valence-electron chi connectivity index (χ4n) is 4.33. The third kappa shape index (κ3) is 3.54. The van der Waals surface area contributed by atoms with E-state index in [1.54, 1.807) is 29.9 Å². The lowest BCUT2D eigenvalue weighted by Gasteiger charge is -2.35. The van der Waals surface area contributed by atoms with Crippen molar-refractivity contribution < 1.29 is 14.4 Å². The lowest BCUT2D eigenvalue weighted by molar-refractivity contribution is 0.0778. The highest BCUT2D eigenvalue weighted by Gasteiger charge is 2.33. The minimum atomic E-state index is -0.862. The average molecular weight is 422 g/mol. The van der Waals surface area contributed by atoms with Crippen LogP contribution in [0.2, 0.25) is 0 Å². The number of hydrogen-bond donors (Lipinski definition) is 2. The van der Waals surface area contributed by atoms with Gasteiger partial charge in [0.1, 0.15) is 11.8 Å². The van der Waals surface area contributed by atoms with Crippen LogP contribution in [0.4, 0.5) is 5.82 Å². The van der Waals surface area contributed by atoms with Gasteiger partial charge in [0.15, 0.2) is 11.5 Å². The van der Waals surface area contributed by atoms with Gasteiger partial charge in [-0.1, -0.05) is 12.1 Å². The van der Waals surface area contributed by atoms with Crippen molar-refractivity contribution in [2.24, 2.45) is 11.0 Å². The van der Waals surface area contributed by atoms with Crippen LogP contribution in [0.25, 0.3) is 11.2 Å². The molecule has 11 heteroatoms. The van der Waals surface area contributed by atoms with Gasteiger partial charge < -0.3 is 19.4 Å². The van der Waals surface area contributed by atoms with E-state index in [9.17, 15) is 9.82 Å². The number of methoxy groups -OCH3 is 1. The number of fused-ring (bicyclic) bond motifs is 2.